The molecule has 1 aliphatic rings. The summed E-state index contributed by atoms with van der Waals surface area (Å²) in [5.41, 5.74) is 9.90. The molecule has 0 spiro atoms. The molecule has 1 aromatic heterocycles. The maximum absolute atomic E-state index is 14.5. The van der Waals surface area contributed by atoms with Crippen LogP contribution in [0.1, 0.15) is 34.8 Å². The molecular weight excluding hydrogens is 383 g/mol. The second kappa shape index (κ2) is 9.26. The topological polar surface area (TPSA) is 89.3 Å². The summed E-state index contributed by atoms with van der Waals surface area (Å²) in [7, 11) is 1.60. The van der Waals surface area contributed by atoms with E-state index in [0.29, 0.717) is 42.0 Å². The molecule has 2 aromatic rings. The van der Waals surface area contributed by atoms with Crippen LogP contribution in [0.15, 0.2) is 66.2 Å². The number of nitrogens with two attached hydrogens (primary N) is 1. The molecule has 1 aromatic carbocycles. The lowest BCUT2D eigenvalue weighted by atomic mass is 10.00. The van der Waals surface area contributed by atoms with Gasteiger partial charge in [-0.05, 0) is 30.7 Å². The Labute approximate surface area is 175 Å². The van der Waals surface area contributed by atoms with Crippen molar-refractivity contribution in [3.05, 3.63) is 88.7 Å². The van der Waals surface area contributed by atoms with E-state index in [0.717, 1.165) is 16.8 Å². The predicted octanol–water partition coefficient (Wildman–Crippen LogP) is 3.54. The highest BCUT2D eigenvalue weighted by atomic mass is 19.1. The number of nitrogens with one attached hydrogen (secondary N) is 2. The van der Waals surface area contributed by atoms with Gasteiger partial charge < -0.3 is 21.1 Å². The Kier molecular flexibility index (Phi) is 6.51. The molecule has 7 heteroatoms. The molecule has 4 N–H and O–H groups in total. The lowest BCUT2D eigenvalue weighted by molar-refractivity contribution is 0.0963. The van der Waals surface area contributed by atoms with Gasteiger partial charge in [-0.25, -0.2) is 9.37 Å². The van der Waals surface area contributed by atoms with Crippen molar-refractivity contribution in [3.8, 4) is 0 Å². The number of halogens is 1. The smallest absolute Gasteiger partial charge is 0.251 e. The summed E-state index contributed by atoms with van der Waals surface area (Å²) < 4.78 is 20.4. The molecule has 30 heavy (non-hydrogen) atoms. The van der Waals surface area contributed by atoms with Gasteiger partial charge in [-0.2, -0.15) is 0 Å². The Morgan fingerprint density at radius 1 is 1.40 bits per heavy atom. The number of nitrogens with zero attached hydrogens (tertiary/aromatic N) is 1. The van der Waals surface area contributed by atoms with Crippen LogP contribution in [0, 0.1) is 5.82 Å². The Bertz CT molecular complexity index is 1040. The van der Waals surface area contributed by atoms with Gasteiger partial charge >= 0.3 is 0 Å². The number of carbonyl (C=O) groups excluding carboxylic acids is 1. The number of rotatable bonds is 6. The summed E-state index contributed by atoms with van der Waals surface area (Å²) in [6.45, 7) is 6.81. The summed E-state index contributed by atoms with van der Waals surface area (Å²) in [4.78, 5) is 15.6. The summed E-state index contributed by atoms with van der Waals surface area (Å²) in [5, 5.41) is 6.00. The lowest BCUT2D eigenvalue weighted by Gasteiger charge is -2.14. The van der Waals surface area contributed by atoms with E-state index in [1.54, 1.807) is 25.3 Å². The van der Waals surface area contributed by atoms with E-state index in [1.165, 1.54) is 6.20 Å². The third kappa shape index (κ3) is 4.35. The van der Waals surface area contributed by atoms with Gasteiger partial charge in [0.1, 0.15) is 5.76 Å². The fourth-order valence-corrected chi connectivity index (χ4v) is 3.36. The third-order valence-corrected chi connectivity index (χ3v) is 4.95. The van der Waals surface area contributed by atoms with Gasteiger partial charge in [-0.1, -0.05) is 24.8 Å². The highest BCUT2D eigenvalue weighted by molar-refractivity contribution is 5.94. The quantitative estimate of drug-likeness (QED) is 0.680. The number of nitrogen functional groups attached to an aromatic ring is 1. The Morgan fingerprint density at radius 3 is 2.93 bits per heavy atom. The maximum Gasteiger partial charge on any atom is 0.251 e. The number of hydrogen-bond donors (Lipinski definition) is 3. The molecule has 2 heterocycles. The van der Waals surface area contributed by atoms with Gasteiger partial charge in [0.25, 0.3) is 5.91 Å². The standard InChI is InChI=1S/C23H25FN4O2/c1-4-17(19-8-10-27-22(25)20(19)24)21-18(9-11-30-21)14(2)28-13-15-6-5-7-16(12-15)23(29)26-3/h4-8,10,12,28H,1,9,11,13H2,2-3H3,(H2,25,27)(H,26,29)/b18-14+,21-17-. The van der Waals surface area contributed by atoms with Gasteiger partial charge in [-0.15, -0.1) is 0 Å². The van der Waals surface area contributed by atoms with Crippen LogP contribution < -0.4 is 16.4 Å². The van der Waals surface area contributed by atoms with Gasteiger partial charge in [0.05, 0.1) is 6.61 Å². The van der Waals surface area contributed by atoms with Gasteiger partial charge in [-0.3, -0.25) is 4.79 Å². The molecule has 1 saturated heterocycles. The monoisotopic (exact) mass is 408 g/mol. The van der Waals surface area contributed by atoms with Gasteiger partial charge in [0, 0.05) is 54.2 Å². The van der Waals surface area contributed by atoms with Crippen LogP contribution in [0.5, 0.6) is 0 Å². The molecule has 1 fully saturated rings. The molecule has 0 radical (unpaired) electrons. The van der Waals surface area contributed by atoms with Crippen LogP contribution >= 0.6 is 0 Å². The largest absolute Gasteiger partial charge is 0.492 e. The minimum absolute atomic E-state index is 0.129. The summed E-state index contributed by atoms with van der Waals surface area (Å²) in [6.07, 6.45) is 3.71. The van der Waals surface area contributed by atoms with Crippen molar-refractivity contribution in [2.75, 3.05) is 19.4 Å². The van der Waals surface area contributed by atoms with Crippen molar-refractivity contribution in [1.29, 1.82) is 0 Å². The highest BCUT2D eigenvalue weighted by Gasteiger charge is 2.24. The number of aromatic nitrogens is 1. The van der Waals surface area contributed by atoms with Crippen LogP contribution in [0.25, 0.3) is 5.57 Å². The van der Waals surface area contributed by atoms with E-state index < -0.39 is 5.82 Å². The van der Waals surface area contributed by atoms with Crippen LogP contribution in [0.4, 0.5) is 10.2 Å². The second-order valence-corrected chi connectivity index (χ2v) is 6.84. The van der Waals surface area contributed by atoms with Gasteiger partial charge in [0.2, 0.25) is 0 Å². The van der Waals surface area contributed by atoms with Crippen molar-refractivity contribution in [1.82, 2.24) is 15.6 Å². The molecule has 1 amide bonds. The highest BCUT2D eigenvalue weighted by Crippen LogP contribution is 2.35. The number of ether oxygens (including phenoxy) is 1. The van der Waals surface area contributed by atoms with Gasteiger partial charge in [0.15, 0.2) is 11.6 Å². The van der Waals surface area contributed by atoms with E-state index in [1.807, 2.05) is 25.1 Å². The number of anilines is 1. The molecule has 1 aliphatic heterocycles. The van der Waals surface area contributed by atoms with Crippen molar-refractivity contribution >= 4 is 17.3 Å². The van der Waals surface area contributed by atoms with E-state index in [-0.39, 0.29) is 11.7 Å². The first-order valence-electron chi connectivity index (χ1n) is 9.61. The number of carbonyl (C=O) groups is 1. The number of allylic oxidation sites excluding steroid dienone is 4. The molecule has 6 nitrogen and oxygen atoms in total. The summed E-state index contributed by atoms with van der Waals surface area (Å²) >= 11 is 0. The van der Waals surface area contributed by atoms with E-state index in [2.05, 4.69) is 22.2 Å². The first-order valence-corrected chi connectivity index (χ1v) is 9.61. The van der Waals surface area contributed by atoms with Crippen molar-refractivity contribution < 1.29 is 13.9 Å². The fraction of sp³-hybridized carbons (Fsp3) is 0.217. The fourth-order valence-electron chi connectivity index (χ4n) is 3.36. The Hall–Kier alpha value is -3.61. The van der Waals surface area contributed by atoms with Crippen LogP contribution in [0.3, 0.4) is 0 Å². The molecule has 3 rings (SSSR count). The zero-order valence-electron chi connectivity index (χ0n) is 17.1. The molecule has 0 bridgehead atoms. The first-order chi connectivity index (χ1) is 14.5. The van der Waals surface area contributed by atoms with E-state index >= 15 is 0 Å². The number of pyridine rings is 1. The zero-order valence-corrected chi connectivity index (χ0v) is 17.1. The van der Waals surface area contributed by atoms with Crippen LogP contribution in [0.2, 0.25) is 0 Å². The van der Waals surface area contributed by atoms with Crippen LogP contribution in [-0.2, 0) is 11.3 Å². The van der Waals surface area contributed by atoms with Crippen molar-refractivity contribution in [3.63, 3.8) is 0 Å². The Balaban J connectivity index is 1.89. The van der Waals surface area contributed by atoms with Crippen LogP contribution in [-0.4, -0.2) is 24.5 Å². The zero-order chi connectivity index (χ0) is 21.7. The molecule has 0 unspecified atom stereocenters. The number of amides is 1. The number of hydrogen-bond acceptors (Lipinski definition) is 5. The average molecular weight is 408 g/mol. The lowest BCUT2D eigenvalue weighted by Crippen LogP contribution is -2.18. The molecule has 0 saturated carbocycles. The minimum atomic E-state index is -0.591. The molecule has 0 atom stereocenters. The normalized spacial score (nSPS) is 16.5. The van der Waals surface area contributed by atoms with Crippen molar-refractivity contribution in [2.24, 2.45) is 0 Å². The first kappa shape index (κ1) is 21.1. The maximum atomic E-state index is 14.5. The predicted molar refractivity (Wildman–Crippen MR) is 116 cm³/mol. The van der Waals surface area contributed by atoms with E-state index in [9.17, 15) is 9.18 Å². The molecule has 0 aliphatic carbocycles. The molecule has 156 valence electrons. The second-order valence-electron chi connectivity index (χ2n) is 6.84. The average Bonchev–Trinajstić information content (AvgIpc) is 3.24. The third-order valence-electron chi connectivity index (χ3n) is 4.95. The number of benzene rings is 1. The minimum Gasteiger partial charge on any atom is -0.492 e. The SMILES string of the molecule is C=C/C(=C1/OCC/C1=C(/C)NCc1cccc(C(=O)NC)c1)c1ccnc(N)c1F. The van der Waals surface area contributed by atoms with Crippen molar-refractivity contribution in [2.45, 2.75) is 19.9 Å². The summed E-state index contributed by atoms with van der Waals surface area (Å²) in [5.74, 6) is -0.303. The Morgan fingerprint density at radius 2 is 2.20 bits per heavy atom. The molecular formula is C23H25FN4O2. The van der Waals surface area contributed by atoms with E-state index in [4.69, 9.17) is 10.5 Å². The summed E-state index contributed by atoms with van der Waals surface area (Å²) in [6, 6.07) is 8.97.